The van der Waals surface area contributed by atoms with Crippen LogP contribution in [0, 0.1) is 0 Å². The molecule has 1 fully saturated rings. The maximum Gasteiger partial charge on any atom is 0.137 e. The highest BCUT2D eigenvalue weighted by molar-refractivity contribution is 5.92. The number of rotatable bonds is 3. The zero-order valence-corrected chi connectivity index (χ0v) is 11.1. The van der Waals surface area contributed by atoms with Gasteiger partial charge in [0.05, 0.1) is 18.8 Å². The van der Waals surface area contributed by atoms with E-state index in [2.05, 4.69) is 27.3 Å². The van der Waals surface area contributed by atoms with Gasteiger partial charge in [0.2, 0.25) is 0 Å². The second kappa shape index (κ2) is 4.76. The molecule has 1 saturated heterocycles. The minimum absolute atomic E-state index is 0.312. The average Bonchev–Trinajstić information content (AvgIpc) is 3.19. The number of pyridine rings is 1. The fraction of sp³-hybridized carbons (Fsp3) is 0.333. The van der Waals surface area contributed by atoms with E-state index in [4.69, 9.17) is 4.74 Å². The molecule has 20 heavy (non-hydrogen) atoms. The van der Waals surface area contributed by atoms with Crippen molar-refractivity contribution in [1.29, 1.82) is 0 Å². The highest BCUT2D eigenvalue weighted by atomic mass is 16.5. The Morgan fingerprint density at radius 1 is 1.40 bits per heavy atom. The summed E-state index contributed by atoms with van der Waals surface area (Å²) >= 11 is 0. The lowest BCUT2D eigenvalue weighted by Crippen LogP contribution is -2.14. The van der Waals surface area contributed by atoms with E-state index in [0.29, 0.717) is 6.10 Å². The van der Waals surface area contributed by atoms with Gasteiger partial charge in [-0.2, -0.15) is 5.10 Å². The summed E-state index contributed by atoms with van der Waals surface area (Å²) in [6.45, 7) is 1.72. The first kappa shape index (κ1) is 11.7. The lowest BCUT2D eigenvalue weighted by atomic mass is 10.1. The molecule has 0 aromatic carbocycles. The summed E-state index contributed by atoms with van der Waals surface area (Å²) in [4.78, 5) is 7.45. The minimum Gasteiger partial charge on any atom is -0.376 e. The zero-order chi connectivity index (χ0) is 13.4. The molecular weight excluding hydrogens is 252 g/mol. The van der Waals surface area contributed by atoms with Gasteiger partial charge < -0.3 is 9.72 Å². The Kier molecular flexibility index (Phi) is 2.77. The van der Waals surface area contributed by atoms with Crippen LogP contribution in [0.5, 0.6) is 0 Å². The van der Waals surface area contributed by atoms with Crippen LogP contribution in [0.3, 0.4) is 0 Å². The zero-order valence-electron chi connectivity index (χ0n) is 11.1. The molecule has 0 spiro atoms. The standard InChI is InChI=1S/C15H16N4O/c1-2-12(20-7-1)10-19-9-11(8-18-19)13-3-5-16-15-14(13)4-6-17-15/h3-6,8-9,12H,1-2,7,10H2,(H,16,17). The molecule has 0 aliphatic carbocycles. The van der Waals surface area contributed by atoms with Crippen LogP contribution in [0.1, 0.15) is 12.8 Å². The predicted molar refractivity (Wildman–Crippen MR) is 76.3 cm³/mol. The molecule has 1 unspecified atom stereocenters. The number of hydrogen-bond donors (Lipinski definition) is 1. The van der Waals surface area contributed by atoms with Crippen LogP contribution < -0.4 is 0 Å². The van der Waals surface area contributed by atoms with Crippen LogP contribution in [0.4, 0.5) is 0 Å². The first-order valence-electron chi connectivity index (χ1n) is 6.97. The topological polar surface area (TPSA) is 55.7 Å². The highest BCUT2D eigenvalue weighted by Gasteiger charge is 2.16. The van der Waals surface area contributed by atoms with Crippen molar-refractivity contribution in [1.82, 2.24) is 19.7 Å². The molecule has 0 radical (unpaired) electrons. The van der Waals surface area contributed by atoms with Crippen LogP contribution in [0.2, 0.25) is 0 Å². The number of aromatic nitrogens is 4. The van der Waals surface area contributed by atoms with Crippen molar-refractivity contribution in [3.8, 4) is 11.1 Å². The molecule has 102 valence electrons. The molecule has 5 nitrogen and oxygen atoms in total. The Morgan fingerprint density at radius 3 is 3.30 bits per heavy atom. The van der Waals surface area contributed by atoms with Crippen molar-refractivity contribution in [2.45, 2.75) is 25.5 Å². The predicted octanol–water partition coefficient (Wildman–Crippen LogP) is 2.61. The molecule has 1 aliphatic heterocycles. The van der Waals surface area contributed by atoms with E-state index in [1.165, 1.54) is 0 Å². The Balaban J connectivity index is 1.65. The third-order valence-electron chi connectivity index (χ3n) is 3.82. The molecule has 0 saturated carbocycles. The van der Waals surface area contributed by atoms with E-state index in [1.54, 1.807) is 0 Å². The van der Waals surface area contributed by atoms with Gasteiger partial charge in [0.25, 0.3) is 0 Å². The summed E-state index contributed by atoms with van der Waals surface area (Å²) in [5, 5.41) is 5.58. The van der Waals surface area contributed by atoms with Crippen molar-refractivity contribution in [2.24, 2.45) is 0 Å². The van der Waals surface area contributed by atoms with E-state index >= 15 is 0 Å². The molecule has 4 heterocycles. The average molecular weight is 268 g/mol. The van der Waals surface area contributed by atoms with Gasteiger partial charge in [-0.1, -0.05) is 0 Å². The summed E-state index contributed by atoms with van der Waals surface area (Å²) in [5.41, 5.74) is 3.19. The van der Waals surface area contributed by atoms with Gasteiger partial charge in [0.1, 0.15) is 5.65 Å². The van der Waals surface area contributed by atoms with Gasteiger partial charge >= 0.3 is 0 Å². The molecule has 3 aromatic heterocycles. The maximum absolute atomic E-state index is 5.65. The molecule has 1 N–H and O–H groups in total. The van der Waals surface area contributed by atoms with Gasteiger partial charge in [0, 0.05) is 36.1 Å². The summed E-state index contributed by atoms with van der Waals surface area (Å²) in [6, 6.07) is 4.08. The highest BCUT2D eigenvalue weighted by Crippen LogP contribution is 2.26. The van der Waals surface area contributed by atoms with E-state index in [0.717, 1.165) is 48.2 Å². The van der Waals surface area contributed by atoms with Crippen LogP contribution in [0.15, 0.2) is 36.9 Å². The van der Waals surface area contributed by atoms with Gasteiger partial charge in [-0.05, 0) is 30.5 Å². The Bertz CT molecular complexity index is 724. The van der Waals surface area contributed by atoms with Crippen molar-refractivity contribution in [3.05, 3.63) is 36.9 Å². The number of hydrogen-bond acceptors (Lipinski definition) is 3. The molecule has 1 atom stereocenters. The lowest BCUT2D eigenvalue weighted by Gasteiger charge is -2.08. The van der Waals surface area contributed by atoms with Crippen molar-refractivity contribution in [3.63, 3.8) is 0 Å². The van der Waals surface area contributed by atoms with E-state index in [-0.39, 0.29) is 0 Å². The van der Waals surface area contributed by atoms with E-state index in [1.807, 2.05) is 29.3 Å². The number of aromatic amines is 1. The smallest absolute Gasteiger partial charge is 0.137 e. The van der Waals surface area contributed by atoms with Crippen molar-refractivity contribution >= 4 is 11.0 Å². The minimum atomic E-state index is 0.312. The molecule has 4 rings (SSSR count). The first-order chi connectivity index (χ1) is 9.90. The SMILES string of the molecule is c1cc(-c2cnn(CC3CCCO3)c2)c2cc[nH]c2n1. The quantitative estimate of drug-likeness (QED) is 0.794. The number of H-pyrrole nitrogens is 1. The van der Waals surface area contributed by atoms with E-state index in [9.17, 15) is 0 Å². The van der Waals surface area contributed by atoms with Crippen molar-refractivity contribution in [2.75, 3.05) is 6.61 Å². The second-order valence-electron chi connectivity index (χ2n) is 5.18. The summed E-state index contributed by atoms with van der Waals surface area (Å²) in [6.07, 6.45) is 10.3. The number of fused-ring (bicyclic) bond motifs is 1. The molecule has 0 bridgehead atoms. The van der Waals surface area contributed by atoms with E-state index < -0.39 is 0 Å². The molecule has 1 aliphatic rings. The van der Waals surface area contributed by atoms with Gasteiger partial charge in [-0.3, -0.25) is 4.68 Å². The summed E-state index contributed by atoms with van der Waals surface area (Å²) in [7, 11) is 0. The summed E-state index contributed by atoms with van der Waals surface area (Å²) < 4.78 is 7.63. The summed E-state index contributed by atoms with van der Waals surface area (Å²) in [5.74, 6) is 0. The van der Waals surface area contributed by atoms with Crippen LogP contribution in [-0.4, -0.2) is 32.5 Å². The molecule has 5 heteroatoms. The number of nitrogens with zero attached hydrogens (tertiary/aromatic N) is 3. The maximum atomic E-state index is 5.65. The normalized spacial score (nSPS) is 18.9. The third-order valence-corrected chi connectivity index (χ3v) is 3.82. The first-order valence-corrected chi connectivity index (χ1v) is 6.97. The van der Waals surface area contributed by atoms with Gasteiger partial charge in [0.15, 0.2) is 0 Å². The molecule has 3 aromatic rings. The Labute approximate surface area is 116 Å². The van der Waals surface area contributed by atoms with Crippen LogP contribution >= 0.6 is 0 Å². The largest absolute Gasteiger partial charge is 0.376 e. The van der Waals surface area contributed by atoms with Crippen LogP contribution in [0.25, 0.3) is 22.2 Å². The second-order valence-corrected chi connectivity index (χ2v) is 5.18. The number of ether oxygens (including phenoxy) is 1. The fourth-order valence-electron chi connectivity index (χ4n) is 2.81. The Morgan fingerprint density at radius 2 is 2.40 bits per heavy atom. The Hall–Kier alpha value is -2.14. The van der Waals surface area contributed by atoms with Gasteiger partial charge in [-0.25, -0.2) is 4.98 Å². The third kappa shape index (κ3) is 2.00. The molecular formula is C15H16N4O. The monoisotopic (exact) mass is 268 g/mol. The molecule has 0 amide bonds. The van der Waals surface area contributed by atoms with Gasteiger partial charge in [-0.15, -0.1) is 0 Å². The lowest BCUT2D eigenvalue weighted by molar-refractivity contribution is 0.0940. The fourth-order valence-corrected chi connectivity index (χ4v) is 2.81. The van der Waals surface area contributed by atoms with Crippen LogP contribution in [-0.2, 0) is 11.3 Å². The number of nitrogens with one attached hydrogen (secondary N) is 1. The van der Waals surface area contributed by atoms with Crippen molar-refractivity contribution < 1.29 is 4.74 Å².